The van der Waals surface area contributed by atoms with Gasteiger partial charge in [0.1, 0.15) is 5.65 Å². The highest BCUT2D eigenvalue weighted by molar-refractivity contribution is 9.10. The molecule has 0 aliphatic rings. The monoisotopic (exact) mass is 380 g/mol. The summed E-state index contributed by atoms with van der Waals surface area (Å²) >= 11 is 10.9. The Kier molecular flexibility index (Phi) is 4.33. The molecule has 6 heteroatoms. The van der Waals surface area contributed by atoms with Gasteiger partial charge < -0.3 is 0 Å². The first kappa shape index (κ1) is 14.6. The number of halogens is 2. The normalized spacial score (nSPS) is 11.0. The third-order valence-electron chi connectivity index (χ3n) is 2.88. The summed E-state index contributed by atoms with van der Waals surface area (Å²) < 4.78 is 2.50. The van der Waals surface area contributed by atoms with E-state index in [-0.39, 0.29) is 5.56 Å². The maximum absolute atomic E-state index is 12.1. The van der Waals surface area contributed by atoms with Gasteiger partial charge in [0.25, 0.3) is 5.56 Å². The first-order chi connectivity index (χ1) is 10.1. The first-order valence-corrected chi connectivity index (χ1v) is 8.34. The van der Waals surface area contributed by atoms with Gasteiger partial charge in [-0.25, -0.2) is 4.98 Å². The van der Waals surface area contributed by atoms with Crippen LogP contribution in [0.15, 0.2) is 62.8 Å². The van der Waals surface area contributed by atoms with Gasteiger partial charge in [0, 0.05) is 27.4 Å². The van der Waals surface area contributed by atoms with Crippen molar-refractivity contribution >= 4 is 44.9 Å². The molecule has 21 heavy (non-hydrogen) atoms. The molecule has 0 aliphatic heterocycles. The van der Waals surface area contributed by atoms with Crippen molar-refractivity contribution in [1.82, 2.24) is 9.38 Å². The number of thioether (sulfide) groups is 1. The van der Waals surface area contributed by atoms with Gasteiger partial charge in [-0.15, -0.1) is 11.8 Å². The standard InChI is InChI=1S/C15H10BrClN2OS/c16-10-1-4-13(5-2-10)21-9-12-7-15(20)19-8-11(17)3-6-14(19)18-12/h1-8H,9H2. The molecule has 106 valence electrons. The van der Waals surface area contributed by atoms with E-state index in [2.05, 4.69) is 20.9 Å². The van der Waals surface area contributed by atoms with Crippen LogP contribution in [0, 0.1) is 0 Å². The lowest BCUT2D eigenvalue weighted by molar-refractivity contribution is 1.01. The van der Waals surface area contributed by atoms with Gasteiger partial charge in [-0.1, -0.05) is 27.5 Å². The molecular formula is C15H10BrClN2OS. The summed E-state index contributed by atoms with van der Waals surface area (Å²) in [5.74, 6) is 0.649. The molecule has 3 nitrogen and oxygen atoms in total. The van der Waals surface area contributed by atoms with Gasteiger partial charge in [0.2, 0.25) is 0 Å². The summed E-state index contributed by atoms with van der Waals surface area (Å²) in [7, 11) is 0. The molecule has 0 bridgehead atoms. The van der Waals surface area contributed by atoms with E-state index in [9.17, 15) is 4.79 Å². The molecule has 0 amide bonds. The zero-order chi connectivity index (χ0) is 14.8. The first-order valence-electron chi connectivity index (χ1n) is 6.18. The number of aromatic nitrogens is 2. The molecule has 1 aromatic carbocycles. The van der Waals surface area contributed by atoms with Crippen LogP contribution in [0.5, 0.6) is 0 Å². The lowest BCUT2D eigenvalue weighted by Crippen LogP contribution is -2.14. The number of benzene rings is 1. The SMILES string of the molecule is O=c1cc(CSc2ccc(Br)cc2)nc2ccc(Cl)cn12. The van der Waals surface area contributed by atoms with Crippen molar-refractivity contribution in [3.63, 3.8) is 0 Å². The Morgan fingerprint density at radius 1 is 1.19 bits per heavy atom. The van der Waals surface area contributed by atoms with E-state index < -0.39 is 0 Å². The number of nitrogens with zero attached hydrogens (tertiary/aromatic N) is 2. The van der Waals surface area contributed by atoms with Gasteiger partial charge in [0.05, 0.1) is 10.7 Å². The average molecular weight is 382 g/mol. The lowest BCUT2D eigenvalue weighted by Gasteiger charge is -2.05. The van der Waals surface area contributed by atoms with Gasteiger partial charge in [-0.05, 0) is 36.4 Å². The molecule has 3 rings (SSSR count). The largest absolute Gasteiger partial charge is 0.269 e. The van der Waals surface area contributed by atoms with E-state index in [4.69, 9.17) is 11.6 Å². The molecule has 0 saturated carbocycles. The second kappa shape index (κ2) is 6.22. The van der Waals surface area contributed by atoms with Gasteiger partial charge in [0.15, 0.2) is 0 Å². The summed E-state index contributed by atoms with van der Waals surface area (Å²) in [4.78, 5) is 17.7. The third-order valence-corrected chi connectivity index (χ3v) is 4.67. The highest BCUT2D eigenvalue weighted by Crippen LogP contribution is 2.23. The molecular weight excluding hydrogens is 372 g/mol. The van der Waals surface area contributed by atoms with Crippen LogP contribution < -0.4 is 5.56 Å². The second-order valence-electron chi connectivity index (χ2n) is 4.40. The average Bonchev–Trinajstić information content (AvgIpc) is 2.47. The molecule has 3 aromatic rings. The quantitative estimate of drug-likeness (QED) is 0.631. The molecule has 0 spiro atoms. The maximum atomic E-state index is 12.1. The molecule has 0 radical (unpaired) electrons. The van der Waals surface area contributed by atoms with Crippen molar-refractivity contribution in [2.45, 2.75) is 10.6 Å². The van der Waals surface area contributed by atoms with E-state index >= 15 is 0 Å². The van der Waals surface area contributed by atoms with Gasteiger partial charge in [-0.3, -0.25) is 9.20 Å². The molecule has 0 atom stereocenters. The molecule has 0 N–H and O–H groups in total. The predicted octanol–water partition coefficient (Wildman–Crippen LogP) is 4.40. The number of fused-ring (bicyclic) bond motifs is 1. The van der Waals surface area contributed by atoms with Crippen LogP contribution >= 0.6 is 39.3 Å². The van der Waals surface area contributed by atoms with E-state index in [1.807, 2.05) is 24.3 Å². The van der Waals surface area contributed by atoms with E-state index in [1.165, 1.54) is 4.40 Å². The third kappa shape index (κ3) is 3.48. The van der Waals surface area contributed by atoms with Crippen LogP contribution in [-0.4, -0.2) is 9.38 Å². The Balaban J connectivity index is 1.86. The van der Waals surface area contributed by atoms with Crippen molar-refractivity contribution in [2.75, 3.05) is 0 Å². The summed E-state index contributed by atoms with van der Waals surface area (Å²) in [5, 5.41) is 0.517. The smallest absolute Gasteiger partial charge is 0.258 e. The summed E-state index contributed by atoms with van der Waals surface area (Å²) in [5.41, 5.74) is 1.25. The number of hydrogen-bond donors (Lipinski definition) is 0. The van der Waals surface area contributed by atoms with E-state index in [0.717, 1.165) is 15.1 Å². The van der Waals surface area contributed by atoms with Crippen molar-refractivity contribution in [3.05, 3.63) is 74.2 Å². The van der Waals surface area contributed by atoms with E-state index in [0.29, 0.717) is 16.4 Å². The predicted molar refractivity (Wildman–Crippen MR) is 90.2 cm³/mol. The zero-order valence-electron chi connectivity index (χ0n) is 10.8. The summed E-state index contributed by atoms with van der Waals surface area (Å²) in [6, 6.07) is 13.1. The zero-order valence-corrected chi connectivity index (χ0v) is 14.0. The minimum atomic E-state index is -0.117. The number of pyridine rings is 1. The minimum Gasteiger partial charge on any atom is -0.269 e. The molecule has 2 heterocycles. The van der Waals surface area contributed by atoms with Crippen LogP contribution in [0.1, 0.15) is 5.69 Å². The highest BCUT2D eigenvalue weighted by atomic mass is 79.9. The number of hydrogen-bond acceptors (Lipinski definition) is 3. The summed E-state index contributed by atoms with van der Waals surface area (Å²) in [6.07, 6.45) is 1.58. The fourth-order valence-corrected chi connectivity index (χ4v) is 3.10. The Hall–Kier alpha value is -1.30. The lowest BCUT2D eigenvalue weighted by atomic mass is 10.4. The maximum Gasteiger partial charge on any atom is 0.258 e. The molecule has 2 aromatic heterocycles. The Morgan fingerprint density at radius 2 is 1.95 bits per heavy atom. The summed E-state index contributed by atoms with van der Waals surface area (Å²) in [6.45, 7) is 0. The fraction of sp³-hybridized carbons (Fsp3) is 0.0667. The molecule has 0 saturated heterocycles. The molecule has 0 fully saturated rings. The van der Waals surface area contributed by atoms with Crippen LogP contribution in [0.3, 0.4) is 0 Å². The Morgan fingerprint density at radius 3 is 2.71 bits per heavy atom. The van der Waals surface area contributed by atoms with Crippen LogP contribution in [-0.2, 0) is 5.75 Å². The van der Waals surface area contributed by atoms with E-state index in [1.54, 1.807) is 36.2 Å². The minimum absolute atomic E-state index is 0.117. The van der Waals surface area contributed by atoms with Crippen molar-refractivity contribution in [1.29, 1.82) is 0 Å². The Bertz CT molecular complexity index is 848. The van der Waals surface area contributed by atoms with Crippen LogP contribution in [0.25, 0.3) is 5.65 Å². The van der Waals surface area contributed by atoms with Crippen molar-refractivity contribution in [3.8, 4) is 0 Å². The highest BCUT2D eigenvalue weighted by Gasteiger charge is 2.04. The topological polar surface area (TPSA) is 34.4 Å². The van der Waals surface area contributed by atoms with Crippen LogP contribution in [0.4, 0.5) is 0 Å². The second-order valence-corrected chi connectivity index (χ2v) is 6.80. The van der Waals surface area contributed by atoms with Crippen molar-refractivity contribution in [2.24, 2.45) is 0 Å². The van der Waals surface area contributed by atoms with Crippen molar-refractivity contribution < 1.29 is 0 Å². The number of rotatable bonds is 3. The fourth-order valence-electron chi connectivity index (χ4n) is 1.89. The van der Waals surface area contributed by atoms with Gasteiger partial charge >= 0.3 is 0 Å². The molecule has 0 aliphatic carbocycles. The molecule has 0 unspecified atom stereocenters. The Labute approximate surface area is 139 Å². The van der Waals surface area contributed by atoms with Crippen LogP contribution in [0.2, 0.25) is 5.02 Å². The van der Waals surface area contributed by atoms with Gasteiger partial charge in [-0.2, -0.15) is 0 Å².